The van der Waals surface area contributed by atoms with Crippen molar-refractivity contribution < 1.29 is 14.3 Å². The summed E-state index contributed by atoms with van der Waals surface area (Å²) in [4.78, 5) is 11.6. The third kappa shape index (κ3) is 5.10. The van der Waals surface area contributed by atoms with Gasteiger partial charge in [0, 0.05) is 5.02 Å². The van der Waals surface area contributed by atoms with Crippen molar-refractivity contribution in [2.45, 2.75) is 0 Å². The minimum atomic E-state index is -0.347. The second-order valence-electron chi connectivity index (χ2n) is 4.31. The van der Waals surface area contributed by atoms with Gasteiger partial charge in [0.1, 0.15) is 11.5 Å². The van der Waals surface area contributed by atoms with Crippen LogP contribution in [-0.2, 0) is 4.79 Å². The molecule has 2 rings (SSSR count). The zero-order valence-electron chi connectivity index (χ0n) is 12.0. The lowest BCUT2D eigenvalue weighted by Crippen LogP contribution is -2.24. The Balaban J connectivity index is 1.76. The molecule has 0 aromatic heterocycles. The van der Waals surface area contributed by atoms with Crippen molar-refractivity contribution in [2.24, 2.45) is 5.10 Å². The van der Waals surface area contributed by atoms with Crippen LogP contribution in [-0.4, -0.2) is 25.8 Å². The summed E-state index contributed by atoms with van der Waals surface area (Å²) >= 11 is 5.76. The van der Waals surface area contributed by atoms with Crippen LogP contribution in [0.3, 0.4) is 0 Å². The first-order valence-corrected chi connectivity index (χ1v) is 6.89. The fourth-order valence-electron chi connectivity index (χ4n) is 1.58. The number of amides is 1. The van der Waals surface area contributed by atoms with Crippen LogP contribution in [0, 0.1) is 0 Å². The molecule has 0 aliphatic carbocycles. The van der Waals surface area contributed by atoms with Crippen LogP contribution in [0.4, 0.5) is 0 Å². The average molecular weight is 319 g/mol. The van der Waals surface area contributed by atoms with Gasteiger partial charge in [-0.1, -0.05) is 11.6 Å². The van der Waals surface area contributed by atoms with E-state index < -0.39 is 0 Å². The number of rotatable bonds is 6. The maximum absolute atomic E-state index is 11.6. The highest BCUT2D eigenvalue weighted by Gasteiger charge is 2.01. The highest BCUT2D eigenvalue weighted by atomic mass is 35.5. The molecule has 114 valence electrons. The molecule has 0 unspecified atom stereocenters. The quantitative estimate of drug-likeness (QED) is 0.658. The molecule has 6 heteroatoms. The van der Waals surface area contributed by atoms with Crippen molar-refractivity contribution in [1.29, 1.82) is 0 Å². The number of carbonyl (C=O) groups is 1. The van der Waals surface area contributed by atoms with E-state index in [0.29, 0.717) is 10.8 Å². The molecule has 0 saturated carbocycles. The molecule has 1 amide bonds. The Bertz CT molecular complexity index is 639. The third-order valence-corrected chi connectivity index (χ3v) is 2.95. The number of hydrogen-bond acceptors (Lipinski definition) is 4. The summed E-state index contributed by atoms with van der Waals surface area (Å²) in [7, 11) is 1.60. The average Bonchev–Trinajstić information content (AvgIpc) is 2.55. The Morgan fingerprint density at radius 2 is 1.77 bits per heavy atom. The van der Waals surface area contributed by atoms with Gasteiger partial charge in [-0.15, -0.1) is 0 Å². The van der Waals surface area contributed by atoms with E-state index in [1.807, 2.05) is 24.3 Å². The van der Waals surface area contributed by atoms with Gasteiger partial charge in [-0.3, -0.25) is 4.79 Å². The minimum absolute atomic E-state index is 0.123. The lowest BCUT2D eigenvalue weighted by molar-refractivity contribution is -0.123. The number of hydrogen-bond donors (Lipinski definition) is 1. The summed E-state index contributed by atoms with van der Waals surface area (Å²) in [6.45, 7) is -0.123. The zero-order chi connectivity index (χ0) is 15.8. The molecule has 0 bridgehead atoms. The van der Waals surface area contributed by atoms with Crippen LogP contribution in [0.1, 0.15) is 5.56 Å². The third-order valence-electron chi connectivity index (χ3n) is 2.70. The zero-order valence-corrected chi connectivity index (χ0v) is 12.7. The number of nitrogens with zero attached hydrogens (tertiary/aromatic N) is 1. The SMILES string of the molecule is COc1ccc(/C=N/NC(=O)COc2ccc(Cl)cc2)cc1. The molecule has 0 aliphatic heterocycles. The Morgan fingerprint density at radius 1 is 1.14 bits per heavy atom. The maximum Gasteiger partial charge on any atom is 0.277 e. The molecule has 22 heavy (non-hydrogen) atoms. The van der Waals surface area contributed by atoms with Crippen LogP contribution >= 0.6 is 11.6 Å². The molecule has 2 aromatic rings. The molecule has 5 nitrogen and oxygen atoms in total. The molecule has 0 spiro atoms. The van der Waals surface area contributed by atoms with Crippen LogP contribution in [0.5, 0.6) is 11.5 Å². The van der Waals surface area contributed by atoms with Gasteiger partial charge in [0.25, 0.3) is 5.91 Å². The molecule has 2 aromatic carbocycles. The lowest BCUT2D eigenvalue weighted by atomic mass is 10.2. The van der Waals surface area contributed by atoms with Crippen molar-refractivity contribution >= 4 is 23.7 Å². The first-order chi connectivity index (χ1) is 10.7. The first-order valence-electron chi connectivity index (χ1n) is 6.52. The molecule has 1 N–H and O–H groups in total. The van der Waals surface area contributed by atoms with Gasteiger partial charge in [0.15, 0.2) is 6.61 Å². The summed E-state index contributed by atoms with van der Waals surface area (Å²) in [6, 6.07) is 14.1. The normalized spacial score (nSPS) is 10.5. The van der Waals surface area contributed by atoms with Crippen molar-refractivity contribution in [3.63, 3.8) is 0 Å². The molecular formula is C16H15ClN2O3. The topological polar surface area (TPSA) is 59.9 Å². The van der Waals surface area contributed by atoms with Crippen molar-refractivity contribution in [1.82, 2.24) is 5.43 Å². The summed E-state index contributed by atoms with van der Waals surface area (Å²) in [5.74, 6) is 0.982. The van der Waals surface area contributed by atoms with E-state index in [2.05, 4.69) is 10.5 Å². The van der Waals surface area contributed by atoms with Crippen LogP contribution < -0.4 is 14.9 Å². The van der Waals surface area contributed by atoms with Gasteiger partial charge in [0.2, 0.25) is 0 Å². The van der Waals surface area contributed by atoms with E-state index in [1.165, 1.54) is 0 Å². The number of carbonyl (C=O) groups excluding carboxylic acids is 1. The molecule has 0 fully saturated rings. The predicted octanol–water partition coefficient (Wildman–Crippen LogP) is 2.88. The number of methoxy groups -OCH3 is 1. The second kappa shape index (κ2) is 8.05. The van der Waals surface area contributed by atoms with Crippen LogP contribution in [0.2, 0.25) is 5.02 Å². The molecule has 0 atom stereocenters. The molecule has 0 heterocycles. The molecule has 0 saturated heterocycles. The molecule has 0 radical (unpaired) electrons. The summed E-state index contributed by atoms with van der Waals surface area (Å²) < 4.78 is 10.3. The largest absolute Gasteiger partial charge is 0.497 e. The van der Waals surface area contributed by atoms with Gasteiger partial charge in [0.05, 0.1) is 13.3 Å². The second-order valence-corrected chi connectivity index (χ2v) is 4.75. The molecule has 0 aliphatic rings. The van der Waals surface area contributed by atoms with Gasteiger partial charge in [-0.25, -0.2) is 5.43 Å². The van der Waals surface area contributed by atoms with Crippen molar-refractivity contribution in [3.8, 4) is 11.5 Å². The van der Waals surface area contributed by atoms with E-state index in [4.69, 9.17) is 21.1 Å². The first kappa shape index (κ1) is 15.9. The van der Waals surface area contributed by atoms with E-state index >= 15 is 0 Å². The Hall–Kier alpha value is -2.53. The van der Waals surface area contributed by atoms with Crippen molar-refractivity contribution in [3.05, 3.63) is 59.1 Å². The summed E-state index contributed by atoms with van der Waals surface area (Å²) in [5, 5.41) is 4.47. The Kier molecular flexibility index (Phi) is 5.80. The number of nitrogens with one attached hydrogen (secondary N) is 1. The smallest absolute Gasteiger partial charge is 0.277 e. The standard InChI is InChI=1S/C16H15ClN2O3/c1-21-14-6-2-12(3-7-14)10-18-19-16(20)11-22-15-8-4-13(17)5-9-15/h2-10H,11H2,1H3,(H,19,20)/b18-10+. The monoisotopic (exact) mass is 318 g/mol. The fourth-order valence-corrected chi connectivity index (χ4v) is 1.71. The van der Waals surface area contributed by atoms with Crippen LogP contribution in [0.15, 0.2) is 53.6 Å². The van der Waals surface area contributed by atoms with Gasteiger partial charge >= 0.3 is 0 Å². The van der Waals surface area contributed by atoms with E-state index in [0.717, 1.165) is 11.3 Å². The lowest BCUT2D eigenvalue weighted by Gasteiger charge is -2.04. The highest BCUT2D eigenvalue weighted by molar-refractivity contribution is 6.30. The Labute approximate surface area is 133 Å². The fraction of sp³-hybridized carbons (Fsp3) is 0.125. The van der Waals surface area contributed by atoms with E-state index in [1.54, 1.807) is 37.6 Å². The number of benzene rings is 2. The molecular weight excluding hydrogens is 304 g/mol. The van der Waals surface area contributed by atoms with Gasteiger partial charge in [-0.05, 0) is 54.1 Å². The highest BCUT2D eigenvalue weighted by Crippen LogP contribution is 2.15. The van der Waals surface area contributed by atoms with E-state index in [9.17, 15) is 4.79 Å². The van der Waals surface area contributed by atoms with Crippen molar-refractivity contribution in [2.75, 3.05) is 13.7 Å². The van der Waals surface area contributed by atoms with Crippen LogP contribution in [0.25, 0.3) is 0 Å². The number of hydrazone groups is 1. The van der Waals surface area contributed by atoms with E-state index in [-0.39, 0.29) is 12.5 Å². The van der Waals surface area contributed by atoms with Gasteiger partial charge in [-0.2, -0.15) is 5.10 Å². The maximum atomic E-state index is 11.6. The number of ether oxygens (including phenoxy) is 2. The minimum Gasteiger partial charge on any atom is -0.497 e. The van der Waals surface area contributed by atoms with Gasteiger partial charge < -0.3 is 9.47 Å². The Morgan fingerprint density at radius 3 is 2.41 bits per heavy atom. The number of halogens is 1. The summed E-state index contributed by atoms with van der Waals surface area (Å²) in [6.07, 6.45) is 1.54. The summed E-state index contributed by atoms with van der Waals surface area (Å²) in [5.41, 5.74) is 3.24. The predicted molar refractivity (Wildman–Crippen MR) is 85.7 cm³/mol.